The highest BCUT2D eigenvalue weighted by atomic mass is 16.5. The van der Waals surface area contributed by atoms with E-state index >= 15 is 0 Å². The summed E-state index contributed by atoms with van der Waals surface area (Å²) in [6, 6.07) is 39.8. The van der Waals surface area contributed by atoms with Crippen LogP contribution >= 0.6 is 0 Å². The first-order valence-electron chi connectivity index (χ1n) is 22.4. The summed E-state index contributed by atoms with van der Waals surface area (Å²) in [5, 5.41) is 16.5. The van der Waals surface area contributed by atoms with Crippen molar-refractivity contribution in [2.24, 2.45) is 0 Å². The Hall–Kier alpha value is -6.90. The van der Waals surface area contributed by atoms with Crippen molar-refractivity contribution in [2.75, 3.05) is 80.1 Å². The summed E-state index contributed by atoms with van der Waals surface area (Å²) >= 11 is 0. The predicted octanol–water partition coefficient (Wildman–Crippen LogP) is 8.55. The largest absolute Gasteiger partial charge is 0.481 e. The van der Waals surface area contributed by atoms with Crippen LogP contribution in [0.1, 0.15) is 49.7 Å². The summed E-state index contributed by atoms with van der Waals surface area (Å²) in [5.74, 6) is 1.91. The van der Waals surface area contributed by atoms with Crippen LogP contribution in [0.15, 0.2) is 121 Å². The average Bonchev–Trinajstić information content (AvgIpc) is 3.33. The quantitative estimate of drug-likeness (QED) is 0.100. The molecular weight excluding hydrogens is 821 g/mol. The Morgan fingerprint density at radius 1 is 0.569 bits per heavy atom. The number of morpholine rings is 2. The molecule has 0 amide bonds. The van der Waals surface area contributed by atoms with Crippen LogP contribution in [0, 0.1) is 0 Å². The van der Waals surface area contributed by atoms with E-state index in [9.17, 15) is 14.7 Å². The summed E-state index contributed by atoms with van der Waals surface area (Å²) in [4.78, 5) is 47.7. The number of nitrogens with one attached hydrogen (secondary N) is 2. The second-order valence-electron chi connectivity index (χ2n) is 16.9. The highest BCUT2D eigenvalue weighted by Gasteiger charge is 2.47. The summed E-state index contributed by atoms with van der Waals surface area (Å²) in [5.41, 5.74) is 6.20. The van der Waals surface area contributed by atoms with Gasteiger partial charge in [0.15, 0.2) is 0 Å². The first-order chi connectivity index (χ1) is 31.8. The Labute approximate surface area is 379 Å². The Balaban J connectivity index is 0.000000164. The fourth-order valence-electron chi connectivity index (χ4n) is 8.85. The number of nitrogens with zero attached hydrogens (tertiary/aromatic N) is 6. The van der Waals surface area contributed by atoms with E-state index in [1.165, 1.54) is 7.11 Å². The van der Waals surface area contributed by atoms with Crippen molar-refractivity contribution in [1.82, 2.24) is 19.9 Å². The predicted molar refractivity (Wildman–Crippen MR) is 251 cm³/mol. The SMILES string of the molecule is COC(=O)C1(c2ccc(Nc3cc(-c4ccccc4)nc(N4CCOCC4)n3)cc2)CCC1.O=C(O)C1(c2ccc(Nc3cc(-c4ccccc4)nc(N4CCOCC4)n3)cc2)CCC1. The summed E-state index contributed by atoms with van der Waals surface area (Å²) in [6.07, 6.45) is 5.07. The molecule has 4 aliphatic rings. The second kappa shape index (κ2) is 19.5. The molecule has 0 spiro atoms. The van der Waals surface area contributed by atoms with Gasteiger partial charge in [0.25, 0.3) is 0 Å². The van der Waals surface area contributed by atoms with Gasteiger partial charge < -0.3 is 39.8 Å². The third-order valence-electron chi connectivity index (χ3n) is 13.0. The van der Waals surface area contributed by atoms with Crippen LogP contribution in [-0.2, 0) is 34.6 Å². The normalized spacial score (nSPS) is 17.3. The number of anilines is 6. The van der Waals surface area contributed by atoms with Crippen LogP contribution in [0.5, 0.6) is 0 Å². The standard InChI is InChI=1S/C26H28N4O3.C25H26N4O3/c1-32-24(31)26(12-5-13-26)20-8-10-21(11-9-20)27-23-18-22(19-6-3-2-4-7-19)28-25(29-23)30-14-16-33-17-15-30;30-23(31)25(11-4-12-25)19-7-9-20(10-8-19)26-22-17-21(18-5-2-1-3-6-18)27-24(28-22)29-13-15-32-16-14-29/h2-4,6-11,18H,5,12-17H2,1H3,(H,27,28,29);1-3,5-10,17H,4,11-16H2,(H,30,31)(H,26,27,28). The van der Waals surface area contributed by atoms with E-state index in [2.05, 4.69) is 32.6 Å². The molecule has 2 aliphatic carbocycles. The molecule has 3 N–H and O–H groups in total. The Morgan fingerprint density at radius 3 is 1.32 bits per heavy atom. The van der Waals surface area contributed by atoms with Gasteiger partial charge in [-0.05, 0) is 61.1 Å². The zero-order chi connectivity index (χ0) is 44.6. The summed E-state index contributed by atoms with van der Waals surface area (Å²) in [7, 11) is 1.46. The molecule has 4 heterocycles. The Morgan fingerprint density at radius 2 is 0.969 bits per heavy atom. The van der Waals surface area contributed by atoms with Gasteiger partial charge in [0, 0.05) is 60.8 Å². The van der Waals surface area contributed by atoms with Crippen molar-refractivity contribution in [3.8, 4) is 22.5 Å². The first-order valence-corrected chi connectivity index (χ1v) is 22.4. The number of rotatable bonds is 12. The third-order valence-corrected chi connectivity index (χ3v) is 13.0. The molecule has 10 rings (SSSR count). The van der Waals surface area contributed by atoms with Crippen molar-refractivity contribution in [3.63, 3.8) is 0 Å². The van der Waals surface area contributed by atoms with Crippen LogP contribution in [0.2, 0.25) is 0 Å². The number of hydrogen-bond donors (Lipinski definition) is 3. The van der Waals surface area contributed by atoms with Crippen LogP contribution in [-0.4, -0.2) is 96.7 Å². The number of benzene rings is 4. The molecular formula is C51H54N8O6. The minimum absolute atomic E-state index is 0.145. The van der Waals surface area contributed by atoms with Gasteiger partial charge in [0.1, 0.15) is 11.6 Å². The molecule has 65 heavy (non-hydrogen) atoms. The van der Waals surface area contributed by atoms with Crippen molar-refractivity contribution in [3.05, 3.63) is 132 Å². The number of aliphatic carboxylic acids is 1. The zero-order valence-corrected chi connectivity index (χ0v) is 36.6. The fourth-order valence-corrected chi connectivity index (χ4v) is 8.85. The van der Waals surface area contributed by atoms with E-state index in [-0.39, 0.29) is 5.97 Å². The molecule has 2 aromatic heterocycles. The Bertz CT molecular complexity index is 2560. The Kier molecular flexibility index (Phi) is 13.0. The summed E-state index contributed by atoms with van der Waals surface area (Å²) < 4.78 is 16.0. The molecule has 0 bridgehead atoms. The number of carboxylic acids is 1. The molecule has 334 valence electrons. The first kappa shape index (κ1) is 43.4. The highest BCUT2D eigenvalue weighted by molar-refractivity contribution is 5.85. The monoisotopic (exact) mass is 874 g/mol. The molecule has 0 radical (unpaired) electrons. The number of aromatic nitrogens is 4. The molecule has 6 aromatic rings. The number of ether oxygens (including phenoxy) is 3. The van der Waals surface area contributed by atoms with E-state index in [0.717, 1.165) is 103 Å². The molecule has 4 fully saturated rings. The maximum Gasteiger partial charge on any atom is 0.316 e. The molecule has 4 aromatic carbocycles. The maximum atomic E-state index is 12.4. The molecule has 0 atom stereocenters. The minimum atomic E-state index is -0.733. The third kappa shape index (κ3) is 9.50. The number of methoxy groups -OCH3 is 1. The number of hydrogen-bond acceptors (Lipinski definition) is 13. The molecule has 2 saturated carbocycles. The molecule has 2 aliphatic heterocycles. The van der Waals surface area contributed by atoms with Crippen LogP contribution in [0.3, 0.4) is 0 Å². The van der Waals surface area contributed by atoms with E-state index in [0.29, 0.717) is 57.0 Å². The fraction of sp³-hybridized carbons (Fsp3) is 0.333. The molecule has 14 nitrogen and oxygen atoms in total. The second-order valence-corrected chi connectivity index (χ2v) is 16.9. The minimum Gasteiger partial charge on any atom is -0.481 e. The van der Waals surface area contributed by atoms with E-state index < -0.39 is 16.8 Å². The van der Waals surface area contributed by atoms with Gasteiger partial charge in [-0.2, -0.15) is 9.97 Å². The van der Waals surface area contributed by atoms with Gasteiger partial charge in [0.05, 0.1) is 55.8 Å². The van der Waals surface area contributed by atoms with Crippen LogP contribution in [0.4, 0.5) is 34.9 Å². The lowest BCUT2D eigenvalue weighted by Gasteiger charge is -2.39. The van der Waals surface area contributed by atoms with E-state index in [4.69, 9.17) is 34.1 Å². The van der Waals surface area contributed by atoms with Crippen LogP contribution in [0.25, 0.3) is 22.5 Å². The van der Waals surface area contributed by atoms with Gasteiger partial charge in [-0.3, -0.25) is 9.59 Å². The lowest BCUT2D eigenvalue weighted by atomic mass is 9.64. The number of carboxylic acid groups (broad SMARTS) is 1. The number of carbonyl (C=O) groups excluding carboxylic acids is 1. The topological polar surface area (TPSA) is 164 Å². The average molecular weight is 875 g/mol. The number of esters is 1. The van der Waals surface area contributed by atoms with Gasteiger partial charge in [0.2, 0.25) is 11.9 Å². The lowest BCUT2D eigenvalue weighted by Crippen LogP contribution is -2.43. The van der Waals surface area contributed by atoms with Gasteiger partial charge in [-0.15, -0.1) is 0 Å². The van der Waals surface area contributed by atoms with Gasteiger partial charge in [-0.1, -0.05) is 97.8 Å². The maximum absolute atomic E-state index is 12.4. The van der Waals surface area contributed by atoms with Gasteiger partial charge >= 0.3 is 11.9 Å². The summed E-state index contributed by atoms with van der Waals surface area (Å²) in [6.45, 7) is 5.70. The number of carbonyl (C=O) groups is 2. The van der Waals surface area contributed by atoms with Crippen molar-refractivity contribution in [2.45, 2.75) is 49.4 Å². The smallest absolute Gasteiger partial charge is 0.316 e. The lowest BCUT2D eigenvalue weighted by molar-refractivity contribution is -0.151. The highest BCUT2D eigenvalue weighted by Crippen LogP contribution is 2.46. The van der Waals surface area contributed by atoms with E-state index in [1.807, 2.05) is 109 Å². The van der Waals surface area contributed by atoms with E-state index in [1.54, 1.807) is 0 Å². The zero-order valence-electron chi connectivity index (χ0n) is 36.6. The van der Waals surface area contributed by atoms with Gasteiger partial charge in [-0.25, -0.2) is 9.97 Å². The van der Waals surface area contributed by atoms with Crippen molar-refractivity contribution in [1.29, 1.82) is 0 Å². The molecule has 0 unspecified atom stereocenters. The molecule has 14 heteroatoms. The van der Waals surface area contributed by atoms with Crippen molar-refractivity contribution >= 4 is 46.8 Å². The van der Waals surface area contributed by atoms with Crippen molar-refractivity contribution < 1.29 is 28.9 Å². The molecule has 2 saturated heterocycles. The van der Waals surface area contributed by atoms with Crippen LogP contribution < -0.4 is 20.4 Å².